The smallest absolute Gasteiger partial charge is 0.269 e. The van der Waals surface area contributed by atoms with Gasteiger partial charge in [-0.25, -0.2) is 4.39 Å². The van der Waals surface area contributed by atoms with E-state index in [-0.39, 0.29) is 23.7 Å². The lowest BCUT2D eigenvalue weighted by Gasteiger charge is -2.13. The van der Waals surface area contributed by atoms with Crippen LogP contribution in [0, 0.1) is 11.2 Å². The average Bonchev–Trinajstić information content (AvgIpc) is 2.92. The van der Waals surface area contributed by atoms with Crippen LogP contribution in [0.25, 0.3) is 12.2 Å². The lowest BCUT2D eigenvalue weighted by atomic mass is 9.91. The van der Waals surface area contributed by atoms with Gasteiger partial charge in [0.15, 0.2) is 5.78 Å². The number of aromatic nitrogens is 2. The second-order valence-corrected chi connectivity index (χ2v) is 8.54. The van der Waals surface area contributed by atoms with Crippen molar-refractivity contribution >= 4 is 29.3 Å². The molecule has 4 nitrogen and oxygen atoms in total. The molecule has 0 atom stereocenters. The quantitative estimate of drug-likeness (QED) is 0.681. The van der Waals surface area contributed by atoms with Gasteiger partial charge in [-0.15, -0.1) is 11.3 Å². The van der Waals surface area contributed by atoms with Crippen LogP contribution in [0.4, 0.5) is 4.39 Å². The molecular formula is C22H21FN2O2S. The highest BCUT2D eigenvalue weighted by molar-refractivity contribution is 7.07. The molecule has 2 aromatic heterocycles. The minimum Gasteiger partial charge on any atom is -0.294 e. The number of halogens is 1. The van der Waals surface area contributed by atoms with Gasteiger partial charge in [-0.2, -0.15) is 0 Å². The van der Waals surface area contributed by atoms with E-state index in [1.54, 1.807) is 35.0 Å². The molecule has 0 fully saturated rings. The third-order valence-electron chi connectivity index (χ3n) is 4.15. The normalized spacial score (nSPS) is 13.1. The van der Waals surface area contributed by atoms with Crippen molar-refractivity contribution in [2.75, 3.05) is 0 Å². The number of Topliss-reactive ketones (excluding diaryl/α,β-unsaturated/α-hetero) is 1. The number of carbonyl (C=O) groups excluding carboxylic acids is 1. The zero-order valence-electron chi connectivity index (χ0n) is 16.0. The average molecular weight is 396 g/mol. The summed E-state index contributed by atoms with van der Waals surface area (Å²) in [6.45, 7) is 5.77. The van der Waals surface area contributed by atoms with Crippen LogP contribution in [0.1, 0.15) is 32.0 Å². The van der Waals surface area contributed by atoms with Crippen molar-refractivity contribution in [2.24, 2.45) is 5.41 Å². The van der Waals surface area contributed by atoms with Gasteiger partial charge in [0, 0.05) is 17.7 Å². The van der Waals surface area contributed by atoms with Crippen molar-refractivity contribution in [2.45, 2.75) is 27.3 Å². The zero-order valence-corrected chi connectivity index (χ0v) is 16.8. The first-order chi connectivity index (χ1) is 13.2. The Morgan fingerprint density at radius 1 is 1.18 bits per heavy atom. The summed E-state index contributed by atoms with van der Waals surface area (Å²) in [6, 6.07) is 11.5. The summed E-state index contributed by atoms with van der Waals surface area (Å²) in [5.41, 5.74) is 0.700. The number of benzene rings is 1. The number of nitrogens with zero attached hydrogens (tertiary/aromatic N) is 2. The highest BCUT2D eigenvalue weighted by Crippen LogP contribution is 2.15. The van der Waals surface area contributed by atoms with E-state index in [0.717, 1.165) is 5.56 Å². The Morgan fingerprint density at radius 2 is 1.89 bits per heavy atom. The zero-order chi connectivity index (χ0) is 20.3. The molecule has 6 heteroatoms. The second kappa shape index (κ2) is 8.02. The molecule has 0 bridgehead atoms. The van der Waals surface area contributed by atoms with Gasteiger partial charge in [-0.1, -0.05) is 39.0 Å². The number of thiazole rings is 1. The predicted molar refractivity (Wildman–Crippen MR) is 110 cm³/mol. The van der Waals surface area contributed by atoms with E-state index in [2.05, 4.69) is 4.98 Å². The van der Waals surface area contributed by atoms with Gasteiger partial charge in [0.1, 0.15) is 10.5 Å². The molecule has 144 valence electrons. The Bertz CT molecular complexity index is 1150. The molecule has 28 heavy (non-hydrogen) atoms. The van der Waals surface area contributed by atoms with Crippen LogP contribution in [-0.4, -0.2) is 15.3 Å². The third kappa shape index (κ3) is 4.70. The van der Waals surface area contributed by atoms with Crippen molar-refractivity contribution in [1.29, 1.82) is 0 Å². The van der Waals surface area contributed by atoms with Gasteiger partial charge in [-0.3, -0.25) is 19.1 Å². The summed E-state index contributed by atoms with van der Waals surface area (Å²) in [4.78, 5) is 29.8. The number of hydrogen-bond acceptors (Lipinski definition) is 4. The van der Waals surface area contributed by atoms with Crippen molar-refractivity contribution in [3.63, 3.8) is 0 Å². The number of carbonyl (C=O) groups is 1. The molecule has 3 aromatic rings. The molecule has 2 heterocycles. The van der Waals surface area contributed by atoms with E-state index >= 15 is 0 Å². The molecule has 0 radical (unpaired) electrons. The largest absolute Gasteiger partial charge is 0.294 e. The number of pyridine rings is 1. The Morgan fingerprint density at radius 3 is 2.50 bits per heavy atom. The fraction of sp³-hybridized carbons (Fsp3) is 0.227. The molecule has 0 saturated heterocycles. The molecular weight excluding hydrogens is 375 g/mol. The molecule has 0 spiro atoms. The topological polar surface area (TPSA) is 52.0 Å². The van der Waals surface area contributed by atoms with E-state index in [9.17, 15) is 14.0 Å². The van der Waals surface area contributed by atoms with Crippen LogP contribution in [-0.2, 0) is 11.3 Å². The fourth-order valence-corrected chi connectivity index (χ4v) is 3.52. The predicted octanol–water partition coefficient (Wildman–Crippen LogP) is 2.72. The molecule has 0 amide bonds. The molecule has 3 rings (SSSR count). The van der Waals surface area contributed by atoms with Crippen LogP contribution < -0.4 is 14.8 Å². The standard InChI is InChI=1S/C22H21FN2O2S/c1-22(2,3)19(26)13-20-25(14-15-7-9-16(23)10-8-15)21(27)18(28-20)12-17-6-4-5-11-24-17/h4-13H,14H2,1-3H3/b18-12-,20-13-. The Balaban J connectivity index is 2.16. The first-order valence-electron chi connectivity index (χ1n) is 8.87. The lowest BCUT2D eigenvalue weighted by Crippen LogP contribution is -2.32. The maximum atomic E-state index is 13.2. The van der Waals surface area contributed by atoms with Gasteiger partial charge in [0.25, 0.3) is 5.56 Å². The lowest BCUT2D eigenvalue weighted by molar-refractivity contribution is -0.120. The summed E-state index contributed by atoms with van der Waals surface area (Å²) in [6.07, 6.45) is 4.89. The fourth-order valence-electron chi connectivity index (χ4n) is 2.49. The van der Waals surface area contributed by atoms with Gasteiger partial charge in [0.2, 0.25) is 0 Å². The maximum absolute atomic E-state index is 13.2. The summed E-state index contributed by atoms with van der Waals surface area (Å²) in [7, 11) is 0. The van der Waals surface area contributed by atoms with E-state index in [4.69, 9.17) is 0 Å². The highest BCUT2D eigenvalue weighted by Gasteiger charge is 2.19. The van der Waals surface area contributed by atoms with Crippen LogP contribution in [0.3, 0.4) is 0 Å². The van der Waals surface area contributed by atoms with E-state index in [1.165, 1.54) is 29.5 Å². The van der Waals surface area contributed by atoms with Gasteiger partial charge in [0.05, 0.1) is 16.8 Å². The molecule has 0 aliphatic rings. The summed E-state index contributed by atoms with van der Waals surface area (Å²) in [5, 5.41) is 0. The molecule has 0 aliphatic heterocycles. The van der Waals surface area contributed by atoms with Gasteiger partial charge < -0.3 is 0 Å². The minimum absolute atomic E-state index is 0.0639. The third-order valence-corrected chi connectivity index (χ3v) is 5.21. The monoisotopic (exact) mass is 396 g/mol. The second-order valence-electron chi connectivity index (χ2n) is 7.48. The van der Waals surface area contributed by atoms with Crippen molar-refractivity contribution in [3.8, 4) is 0 Å². The molecule has 0 unspecified atom stereocenters. The summed E-state index contributed by atoms with van der Waals surface area (Å²) < 4.78 is 15.8. The molecule has 0 aliphatic carbocycles. The molecule has 1 aromatic carbocycles. The van der Waals surface area contributed by atoms with Crippen molar-refractivity contribution in [1.82, 2.24) is 9.55 Å². The highest BCUT2D eigenvalue weighted by atomic mass is 32.1. The first-order valence-corrected chi connectivity index (χ1v) is 9.69. The van der Waals surface area contributed by atoms with E-state index in [0.29, 0.717) is 14.9 Å². The molecule has 0 saturated carbocycles. The first kappa shape index (κ1) is 19.9. The Kier molecular flexibility index (Phi) is 5.70. The minimum atomic E-state index is -0.550. The van der Waals surface area contributed by atoms with E-state index < -0.39 is 5.41 Å². The summed E-state index contributed by atoms with van der Waals surface area (Å²) >= 11 is 1.25. The maximum Gasteiger partial charge on any atom is 0.269 e. The Hall–Kier alpha value is -2.86. The number of hydrogen-bond donors (Lipinski definition) is 0. The van der Waals surface area contributed by atoms with Crippen LogP contribution >= 0.6 is 11.3 Å². The SMILES string of the molecule is CC(C)(C)C(=O)/C=c1\s/c(=C\c2ccccn2)c(=O)n1Cc1ccc(F)cc1. The van der Waals surface area contributed by atoms with Gasteiger partial charge in [-0.05, 0) is 35.9 Å². The van der Waals surface area contributed by atoms with Crippen molar-refractivity contribution < 1.29 is 9.18 Å². The number of ketones is 1. The van der Waals surface area contributed by atoms with Crippen LogP contribution in [0.15, 0.2) is 53.5 Å². The molecule has 0 N–H and O–H groups in total. The van der Waals surface area contributed by atoms with E-state index in [1.807, 2.05) is 32.9 Å². The van der Waals surface area contributed by atoms with Gasteiger partial charge >= 0.3 is 0 Å². The Labute approximate surface area is 166 Å². The van der Waals surface area contributed by atoms with Crippen molar-refractivity contribution in [3.05, 3.63) is 85.3 Å². The van der Waals surface area contributed by atoms with Crippen LogP contribution in [0.2, 0.25) is 0 Å². The number of rotatable bonds is 4. The summed E-state index contributed by atoms with van der Waals surface area (Å²) in [5.74, 6) is -0.397. The van der Waals surface area contributed by atoms with Crippen LogP contribution in [0.5, 0.6) is 0 Å².